The molecule has 0 fully saturated rings. The molecule has 3 aromatic rings. The molecule has 2 amide bonds. The van der Waals surface area contributed by atoms with Crippen molar-refractivity contribution in [2.45, 2.75) is 0 Å². The van der Waals surface area contributed by atoms with Gasteiger partial charge in [-0.05, 0) is 42.5 Å². The molecule has 0 aliphatic rings. The average molecular weight is 402 g/mol. The van der Waals surface area contributed by atoms with Crippen molar-refractivity contribution in [2.75, 3.05) is 0 Å². The second kappa shape index (κ2) is 8.53. The van der Waals surface area contributed by atoms with Crippen molar-refractivity contribution in [2.24, 2.45) is 0 Å². The lowest BCUT2D eigenvalue weighted by Crippen LogP contribution is -2.40. The second-order valence-corrected chi connectivity index (χ2v) is 6.10. The summed E-state index contributed by atoms with van der Waals surface area (Å²) in [6.07, 6.45) is 5.67. The Morgan fingerprint density at radius 2 is 1.78 bits per heavy atom. The molecule has 0 radical (unpaired) electrons. The van der Waals surface area contributed by atoms with Crippen LogP contribution in [0.2, 0.25) is 10.0 Å². The molecule has 0 aliphatic carbocycles. The molecule has 3 rings (SSSR count). The van der Waals surface area contributed by atoms with Gasteiger partial charge in [0.2, 0.25) is 0 Å². The van der Waals surface area contributed by atoms with Gasteiger partial charge < -0.3 is 4.42 Å². The summed E-state index contributed by atoms with van der Waals surface area (Å²) in [6.45, 7) is 0. The summed E-state index contributed by atoms with van der Waals surface area (Å²) in [6, 6.07) is 11.7. The van der Waals surface area contributed by atoms with Gasteiger partial charge in [-0.15, -0.1) is 0 Å². The third-order valence-electron chi connectivity index (χ3n) is 3.48. The van der Waals surface area contributed by atoms with Gasteiger partial charge in [0.25, 0.3) is 11.8 Å². The van der Waals surface area contributed by atoms with E-state index in [9.17, 15) is 9.59 Å². The molecule has 0 saturated carbocycles. The third kappa shape index (κ3) is 4.75. The molecule has 2 heterocycles. The molecule has 0 unspecified atom stereocenters. The monoisotopic (exact) mass is 401 g/mol. The number of hydrazine groups is 1. The zero-order chi connectivity index (χ0) is 19.2. The molecule has 1 aromatic carbocycles. The SMILES string of the molecule is O=C(C=Cc1ccc(-c2cccc(Cl)c2Cl)o1)NNC(=O)c1ccncc1. The first kappa shape index (κ1) is 18.7. The number of furan rings is 1. The van der Waals surface area contributed by atoms with E-state index in [4.69, 9.17) is 27.6 Å². The van der Waals surface area contributed by atoms with Crippen molar-refractivity contribution >= 4 is 41.1 Å². The maximum Gasteiger partial charge on any atom is 0.269 e. The number of hydrogen-bond donors (Lipinski definition) is 2. The summed E-state index contributed by atoms with van der Waals surface area (Å²) in [5.41, 5.74) is 5.61. The highest BCUT2D eigenvalue weighted by molar-refractivity contribution is 6.43. The fourth-order valence-corrected chi connectivity index (χ4v) is 2.57. The van der Waals surface area contributed by atoms with Gasteiger partial charge in [0, 0.05) is 29.6 Å². The fraction of sp³-hybridized carbons (Fsp3) is 0. The Labute approximate surface area is 164 Å². The summed E-state index contributed by atoms with van der Waals surface area (Å²) in [4.78, 5) is 27.5. The van der Waals surface area contributed by atoms with Crippen LogP contribution in [0.3, 0.4) is 0 Å². The lowest BCUT2D eigenvalue weighted by atomic mass is 10.2. The van der Waals surface area contributed by atoms with Gasteiger partial charge in [0.1, 0.15) is 11.5 Å². The minimum atomic E-state index is -0.517. The van der Waals surface area contributed by atoms with Crippen LogP contribution in [-0.2, 0) is 4.79 Å². The number of benzene rings is 1. The predicted molar refractivity (Wildman–Crippen MR) is 103 cm³/mol. The van der Waals surface area contributed by atoms with Crippen molar-refractivity contribution in [3.05, 3.63) is 82.3 Å². The van der Waals surface area contributed by atoms with Crippen molar-refractivity contribution in [1.82, 2.24) is 15.8 Å². The van der Waals surface area contributed by atoms with E-state index in [0.29, 0.717) is 32.7 Å². The molecule has 0 spiro atoms. The van der Waals surface area contributed by atoms with E-state index >= 15 is 0 Å². The van der Waals surface area contributed by atoms with E-state index < -0.39 is 11.8 Å². The van der Waals surface area contributed by atoms with Crippen LogP contribution in [0.1, 0.15) is 16.1 Å². The van der Waals surface area contributed by atoms with Crippen LogP contribution < -0.4 is 10.9 Å². The molecule has 2 N–H and O–H groups in total. The van der Waals surface area contributed by atoms with Crippen LogP contribution in [0.4, 0.5) is 0 Å². The largest absolute Gasteiger partial charge is 0.457 e. The number of pyridine rings is 1. The Morgan fingerprint density at radius 3 is 2.56 bits per heavy atom. The minimum absolute atomic E-state index is 0.378. The topological polar surface area (TPSA) is 84.2 Å². The van der Waals surface area contributed by atoms with E-state index in [1.54, 1.807) is 30.3 Å². The van der Waals surface area contributed by atoms with Gasteiger partial charge in [0.05, 0.1) is 10.0 Å². The highest BCUT2D eigenvalue weighted by atomic mass is 35.5. The lowest BCUT2D eigenvalue weighted by Gasteiger charge is -2.04. The number of carbonyl (C=O) groups excluding carboxylic acids is 2. The lowest BCUT2D eigenvalue weighted by molar-refractivity contribution is -0.117. The Hall–Kier alpha value is -3.09. The zero-order valence-corrected chi connectivity index (χ0v) is 15.3. The van der Waals surface area contributed by atoms with Crippen LogP contribution in [-0.4, -0.2) is 16.8 Å². The molecule has 0 aliphatic heterocycles. The second-order valence-electron chi connectivity index (χ2n) is 5.32. The van der Waals surface area contributed by atoms with Crippen LogP contribution in [0.5, 0.6) is 0 Å². The Kier molecular flexibility index (Phi) is 5.90. The summed E-state index contributed by atoms with van der Waals surface area (Å²) in [5.74, 6) is -0.00335. The molecule has 136 valence electrons. The molecule has 0 atom stereocenters. The van der Waals surface area contributed by atoms with E-state index in [0.717, 1.165) is 0 Å². The van der Waals surface area contributed by atoms with Gasteiger partial charge in [-0.1, -0.05) is 29.3 Å². The quantitative estimate of drug-likeness (QED) is 0.508. The third-order valence-corrected chi connectivity index (χ3v) is 4.30. The van der Waals surface area contributed by atoms with E-state index in [-0.39, 0.29) is 0 Å². The Balaban J connectivity index is 1.60. The molecular weight excluding hydrogens is 389 g/mol. The number of nitrogens with zero attached hydrogens (tertiary/aromatic N) is 1. The van der Waals surface area contributed by atoms with Crippen molar-refractivity contribution < 1.29 is 14.0 Å². The summed E-state index contributed by atoms with van der Waals surface area (Å²) in [7, 11) is 0. The van der Waals surface area contributed by atoms with Gasteiger partial charge in [0.15, 0.2) is 0 Å². The molecule has 6 nitrogen and oxygen atoms in total. The van der Waals surface area contributed by atoms with E-state index in [1.807, 2.05) is 0 Å². The number of rotatable bonds is 4. The van der Waals surface area contributed by atoms with Crippen LogP contribution in [0, 0.1) is 0 Å². The molecule has 0 bridgehead atoms. The van der Waals surface area contributed by atoms with E-state index in [2.05, 4.69) is 15.8 Å². The van der Waals surface area contributed by atoms with Crippen LogP contribution >= 0.6 is 23.2 Å². The molecule has 2 aromatic heterocycles. The first-order valence-electron chi connectivity index (χ1n) is 7.77. The predicted octanol–water partition coefficient (Wildman–Crippen LogP) is 4.12. The van der Waals surface area contributed by atoms with Gasteiger partial charge in [-0.25, -0.2) is 0 Å². The van der Waals surface area contributed by atoms with Gasteiger partial charge >= 0.3 is 0 Å². The fourth-order valence-electron chi connectivity index (χ4n) is 2.17. The number of halogens is 2. The average Bonchev–Trinajstić information content (AvgIpc) is 3.16. The molecule has 8 heteroatoms. The zero-order valence-electron chi connectivity index (χ0n) is 13.8. The van der Waals surface area contributed by atoms with Crippen molar-refractivity contribution in [1.29, 1.82) is 0 Å². The molecular formula is C19H13Cl2N3O3. The summed E-state index contributed by atoms with van der Waals surface area (Å²) >= 11 is 12.2. The maximum atomic E-state index is 11.8. The number of carbonyl (C=O) groups is 2. The smallest absolute Gasteiger partial charge is 0.269 e. The Morgan fingerprint density at radius 1 is 1.00 bits per heavy atom. The van der Waals surface area contributed by atoms with Crippen molar-refractivity contribution in [3.63, 3.8) is 0 Å². The number of hydrogen-bond acceptors (Lipinski definition) is 4. The van der Waals surface area contributed by atoms with E-state index in [1.165, 1.54) is 36.7 Å². The standard InChI is InChI=1S/C19H13Cl2N3O3/c20-15-3-1-2-14(18(15)21)16-6-4-13(27-16)5-7-17(25)23-24-19(26)12-8-10-22-11-9-12/h1-11H,(H,23,25)(H,24,26). The highest BCUT2D eigenvalue weighted by Crippen LogP contribution is 2.34. The maximum absolute atomic E-state index is 11.8. The normalized spacial score (nSPS) is 10.7. The molecule has 0 saturated heterocycles. The van der Waals surface area contributed by atoms with Crippen LogP contribution in [0.15, 0.2) is 65.4 Å². The number of aromatic nitrogens is 1. The summed E-state index contributed by atoms with van der Waals surface area (Å²) in [5, 5.41) is 0.813. The first-order valence-corrected chi connectivity index (χ1v) is 8.53. The van der Waals surface area contributed by atoms with Gasteiger partial charge in [-0.3, -0.25) is 25.4 Å². The van der Waals surface area contributed by atoms with Gasteiger partial charge in [-0.2, -0.15) is 0 Å². The summed E-state index contributed by atoms with van der Waals surface area (Å²) < 4.78 is 5.65. The highest BCUT2D eigenvalue weighted by Gasteiger charge is 2.10. The Bertz CT molecular complexity index is 1000. The first-order chi connectivity index (χ1) is 13.0. The number of amides is 2. The molecule has 27 heavy (non-hydrogen) atoms. The minimum Gasteiger partial charge on any atom is -0.457 e. The van der Waals surface area contributed by atoms with Crippen LogP contribution in [0.25, 0.3) is 17.4 Å². The number of nitrogens with one attached hydrogen (secondary N) is 2. The van der Waals surface area contributed by atoms with Crippen molar-refractivity contribution in [3.8, 4) is 11.3 Å².